The van der Waals surface area contributed by atoms with E-state index in [1.165, 1.54) is 4.90 Å². The van der Waals surface area contributed by atoms with Crippen LogP contribution in [-0.4, -0.2) is 40.4 Å². The Morgan fingerprint density at radius 1 is 1.56 bits per heavy atom. The van der Waals surface area contributed by atoms with Gasteiger partial charge in [-0.1, -0.05) is 0 Å². The number of rotatable bonds is 0. The van der Waals surface area contributed by atoms with Crippen LogP contribution in [0.2, 0.25) is 0 Å². The normalized spacial score (nSPS) is 26.1. The first-order chi connectivity index (χ1) is 7.35. The molecule has 1 saturated heterocycles. The van der Waals surface area contributed by atoms with Crippen LogP contribution in [0.5, 0.6) is 0 Å². The minimum absolute atomic E-state index is 0.462. The molecule has 0 saturated carbocycles. The average Bonchev–Trinajstić information content (AvgIpc) is 2.14. The first-order valence-corrected chi connectivity index (χ1v) is 5.42. The smallest absolute Gasteiger partial charge is 0.411 e. The van der Waals surface area contributed by atoms with Crippen molar-refractivity contribution in [1.29, 1.82) is 5.26 Å². The largest absolute Gasteiger partial charge is 0.444 e. The standard InChI is InChI=1S/C11H18N2O3/c1-11(2,3)16-10(15)13-6-4-5-9(14)8(13)7-12/h8-9,14H,4-6H2,1-3H3. The van der Waals surface area contributed by atoms with Gasteiger partial charge in [-0.3, -0.25) is 4.90 Å². The van der Waals surface area contributed by atoms with E-state index in [1.807, 2.05) is 6.07 Å². The number of amides is 1. The van der Waals surface area contributed by atoms with Crippen molar-refractivity contribution in [2.45, 2.75) is 51.4 Å². The van der Waals surface area contributed by atoms with Gasteiger partial charge in [0.15, 0.2) is 0 Å². The molecule has 2 unspecified atom stereocenters. The molecule has 0 radical (unpaired) electrons. The molecule has 0 aromatic carbocycles. The molecule has 0 aliphatic carbocycles. The van der Waals surface area contributed by atoms with Crippen LogP contribution in [0.4, 0.5) is 4.79 Å². The lowest BCUT2D eigenvalue weighted by atomic mass is 10.0. The number of nitriles is 1. The van der Waals surface area contributed by atoms with Crippen molar-refractivity contribution in [1.82, 2.24) is 4.90 Å². The fraction of sp³-hybridized carbons (Fsp3) is 0.818. The fourth-order valence-corrected chi connectivity index (χ4v) is 1.66. The Kier molecular flexibility index (Phi) is 3.76. The highest BCUT2D eigenvalue weighted by Gasteiger charge is 2.35. The molecule has 16 heavy (non-hydrogen) atoms. The first-order valence-electron chi connectivity index (χ1n) is 5.42. The van der Waals surface area contributed by atoms with Gasteiger partial charge in [-0.15, -0.1) is 0 Å². The molecule has 2 atom stereocenters. The summed E-state index contributed by atoms with van der Waals surface area (Å²) >= 11 is 0. The van der Waals surface area contributed by atoms with Gasteiger partial charge in [0.2, 0.25) is 0 Å². The summed E-state index contributed by atoms with van der Waals surface area (Å²) in [5.41, 5.74) is -0.584. The summed E-state index contributed by atoms with van der Waals surface area (Å²) in [7, 11) is 0. The molecule has 1 heterocycles. The Balaban J connectivity index is 2.71. The lowest BCUT2D eigenvalue weighted by Gasteiger charge is -2.35. The fourth-order valence-electron chi connectivity index (χ4n) is 1.66. The SMILES string of the molecule is CC(C)(C)OC(=O)N1CCCC(O)C1C#N. The second-order valence-electron chi connectivity index (χ2n) is 4.96. The molecule has 90 valence electrons. The van der Waals surface area contributed by atoms with Gasteiger partial charge in [0.05, 0.1) is 12.2 Å². The summed E-state index contributed by atoms with van der Waals surface area (Å²) in [4.78, 5) is 13.1. The van der Waals surface area contributed by atoms with Crippen molar-refractivity contribution in [3.63, 3.8) is 0 Å². The summed E-state index contributed by atoms with van der Waals surface area (Å²) in [5, 5.41) is 18.5. The van der Waals surface area contributed by atoms with Gasteiger partial charge in [0.25, 0.3) is 0 Å². The molecule has 0 aromatic heterocycles. The molecular formula is C11H18N2O3. The maximum absolute atomic E-state index is 11.8. The zero-order chi connectivity index (χ0) is 12.3. The van der Waals surface area contributed by atoms with E-state index in [1.54, 1.807) is 20.8 Å². The topological polar surface area (TPSA) is 73.6 Å². The molecule has 1 amide bonds. The van der Waals surface area contributed by atoms with Gasteiger partial charge >= 0.3 is 6.09 Å². The summed E-state index contributed by atoms with van der Waals surface area (Å²) in [6, 6.07) is 1.16. The van der Waals surface area contributed by atoms with Crippen LogP contribution in [-0.2, 0) is 4.74 Å². The molecule has 0 spiro atoms. The summed E-state index contributed by atoms with van der Waals surface area (Å²) in [6.45, 7) is 5.77. The van der Waals surface area contributed by atoms with Crippen molar-refractivity contribution in [2.24, 2.45) is 0 Å². The number of carbonyl (C=O) groups excluding carboxylic acids is 1. The minimum Gasteiger partial charge on any atom is -0.444 e. The van der Waals surface area contributed by atoms with Gasteiger partial charge in [-0.25, -0.2) is 4.79 Å². The Hall–Kier alpha value is -1.28. The van der Waals surface area contributed by atoms with Gasteiger partial charge in [-0.05, 0) is 33.6 Å². The van der Waals surface area contributed by atoms with Gasteiger partial charge < -0.3 is 9.84 Å². The Bertz CT molecular complexity index is 303. The van der Waals surface area contributed by atoms with E-state index in [4.69, 9.17) is 10.00 Å². The van der Waals surface area contributed by atoms with Crippen LogP contribution >= 0.6 is 0 Å². The molecule has 1 aliphatic rings. The Labute approximate surface area is 95.6 Å². The number of ether oxygens (including phenoxy) is 1. The van der Waals surface area contributed by atoms with E-state index in [0.29, 0.717) is 19.4 Å². The number of carbonyl (C=O) groups is 1. The zero-order valence-corrected chi connectivity index (χ0v) is 9.93. The molecule has 1 aliphatic heterocycles. The van der Waals surface area contributed by atoms with Crippen molar-refractivity contribution in [3.05, 3.63) is 0 Å². The van der Waals surface area contributed by atoms with Crippen molar-refractivity contribution in [3.8, 4) is 6.07 Å². The van der Waals surface area contributed by atoms with Crippen LogP contribution in [0.1, 0.15) is 33.6 Å². The van der Waals surface area contributed by atoms with E-state index >= 15 is 0 Å². The predicted molar refractivity (Wildman–Crippen MR) is 57.6 cm³/mol. The molecule has 1 N–H and O–H groups in total. The van der Waals surface area contributed by atoms with E-state index in [9.17, 15) is 9.90 Å². The van der Waals surface area contributed by atoms with Crippen LogP contribution in [0.25, 0.3) is 0 Å². The van der Waals surface area contributed by atoms with Crippen molar-refractivity contribution in [2.75, 3.05) is 6.54 Å². The number of hydrogen-bond acceptors (Lipinski definition) is 4. The predicted octanol–water partition coefficient (Wildman–Crippen LogP) is 1.27. The number of aliphatic hydroxyl groups is 1. The number of likely N-dealkylation sites (tertiary alicyclic amines) is 1. The average molecular weight is 226 g/mol. The third-order valence-electron chi connectivity index (χ3n) is 2.36. The molecule has 1 rings (SSSR count). The van der Waals surface area contributed by atoms with Crippen LogP contribution in [0.3, 0.4) is 0 Å². The van der Waals surface area contributed by atoms with Crippen molar-refractivity contribution < 1.29 is 14.6 Å². The zero-order valence-electron chi connectivity index (χ0n) is 9.93. The van der Waals surface area contributed by atoms with E-state index < -0.39 is 23.8 Å². The highest BCUT2D eigenvalue weighted by atomic mass is 16.6. The number of aliphatic hydroxyl groups excluding tert-OH is 1. The summed E-state index contributed by atoms with van der Waals surface area (Å²) in [5.74, 6) is 0. The number of nitrogens with zero attached hydrogens (tertiary/aromatic N) is 2. The van der Waals surface area contributed by atoms with Crippen LogP contribution in [0.15, 0.2) is 0 Å². The lowest BCUT2D eigenvalue weighted by molar-refractivity contribution is -0.00982. The lowest BCUT2D eigenvalue weighted by Crippen LogP contribution is -2.51. The second kappa shape index (κ2) is 4.71. The Morgan fingerprint density at radius 3 is 2.69 bits per heavy atom. The van der Waals surface area contributed by atoms with E-state index in [-0.39, 0.29) is 0 Å². The van der Waals surface area contributed by atoms with Crippen LogP contribution in [0, 0.1) is 11.3 Å². The quantitative estimate of drug-likeness (QED) is 0.675. The third-order valence-corrected chi connectivity index (χ3v) is 2.36. The summed E-state index contributed by atoms with van der Waals surface area (Å²) in [6.07, 6.45) is -0.0556. The second-order valence-corrected chi connectivity index (χ2v) is 4.96. The van der Waals surface area contributed by atoms with Gasteiger partial charge in [0.1, 0.15) is 11.6 Å². The van der Waals surface area contributed by atoms with E-state index in [2.05, 4.69) is 0 Å². The van der Waals surface area contributed by atoms with Gasteiger partial charge in [0, 0.05) is 6.54 Å². The highest BCUT2D eigenvalue weighted by Crippen LogP contribution is 2.20. The maximum atomic E-state index is 11.8. The molecule has 5 heteroatoms. The summed E-state index contributed by atoms with van der Waals surface area (Å²) < 4.78 is 5.18. The monoisotopic (exact) mass is 226 g/mol. The minimum atomic E-state index is -0.788. The maximum Gasteiger partial charge on any atom is 0.411 e. The highest BCUT2D eigenvalue weighted by molar-refractivity contribution is 5.69. The van der Waals surface area contributed by atoms with Crippen molar-refractivity contribution >= 4 is 6.09 Å². The third kappa shape index (κ3) is 3.11. The van der Waals surface area contributed by atoms with Crippen LogP contribution < -0.4 is 0 Å². The molecule has 0 aromatic rings. The number of piperidine rings is 1. The number of hydrogen-bond donors (Lipinski definition) is 1. The molecule has 5 nitrogen and oxygen atoms in total. The Morgan fingerprint density at radius 2 is 2.19 bits per heavy atom. The van der Waals surface area contributed by atoms with Gasteiger partial charge in [-0.2, -0.15) is 5.26 Å². The molecule has 1 fully saturated rings. The first kappa shape index (κ1) is 12.8. The molecule has 0 bridgehead atoms. The molecular weight excluding hydrogens is 208 g/mol. The van der Waals surface area contributed by atoms with E-state index in [0.717, 1.165) is 0 Å².